The smallest absolute Gasteiger partial charge is 0.228 e. The normalized spacial score (nSPS) is 14.2. The van der Waals surface area contributed by atoms with Crippen molar-refractivity contribution in [3.8, 4) is 0 Å². The van der Waals surface area contributed by atoms with E-state index < -0.39 is 7.14 Å². The van der Waals surface area contributed by atoms with Gasteiger partial charge >= 0.3 is 0 Å². The maximum atomic E-state index is 12.2. The zero-order valence-corrected chi connectivity index (χ0v) is 17.5. The molecule has 7 heteroatoms. The molecule has 2 heterocycles. The Morgan fingerprint density at radius 2 is 1.86 bits per heavy atom. The second kappa shape index (κ2) is 7.45. The van der Waals surface area contributed by atoms with E-state index in [0.717, 1.165) is 33.5 Å². The first-order chi connectivity index (χ1) is 13.8. The van der Waals surface area contributed by atoms with Gasteiger partial charge in [-0.15, -0.1) is 0 Å². The third kappa shape index (κ3) is 4.08. The molecule has 2 aromatic carbocycles. The lowest BCUT2D eigenvalue weighted by molar-refractivity contribution is -0.115. The molecule has 0 radical (unpaired) electrons. The molecular formula is C22H23N4O2P. The molecule has 1 aliphatic rings. The van der Waals surface area contributed by atoms with Gasteiger partial charge in [-0.2, -0.15) is 0 Å². The molecule has 1 aliphatic heterocycles. The first-order valence-electron chi connectivity index (χ1n) is 9.48. The average Bonchev–Trinajstić information content (AvgIpc) is 3.08. The lowest BCUT2D eigenvalue weighted by Crippen LogP contribution is -2.07. The van der Waals surface area contributed by atoms with Gasteiger partial charge in [0.25, 0.3) is 0 Å². The van der Waals surface area contributed by atoms with Gasteiger partial charge in [-0.05, 0) is 37.1 Å². The van der Waals surface area contributed by atoms with Gasteiger partial charge in [0.05, 0.1) is 12.1 Å². The van der Waals surface area contributed by atoms with Crippen molar-refractivity contribution in [1.82, 2.24) is 9.97 Å². The minimum atomic E-state index is -2.26. The number of nitrogens with one attached hydrogen (secondary N) is 2. The number of aromatic nitrogens is 2. The van der Waals surface area contributed by atoms with Crippen molar-refractivity contribution >= 4 is 35.7 Å². The summed E-state index contributed by atoms with van der Waals surface area (Å²) in [7, 11) is -2.26. The fourth-order valence-corrected chi connectivity index (χ4v) is 4.32. The molecule has 0 spiro atoms. The van der Waals surface area contributed by atoms with E-state index in [9.17, 15) is 9.36 Å². The number of amides is 1. The summed E-state index contributed by atoms with van der Waals surface area (Å²) >= 11 is 0. The number of hydrogen-bond donors (Lipinski definition) is 2. The van der Waals surface area contributed by atoms with Crippen LogP contribution in [0.4, 0.5) is 17.3 Å². The summed E-state index contributed by atoms with van der Waals surface area (Å²) in [5, 5.41) is 6.97. The summed E-state index contributed by atoms with van der Waals surface area (Å²) < 4.78 is 12.2. The molecule has 0 aliphatic carbocycles. The third-order valence-corrected chi connectivity index (χ3v) is 6.71. The van der Waals surface area contributed by atoms with Gasteiger partial charge in [0.2, 0.25) is 11.9 Å². The van der Waals surface area contributed by atoms with Crippen LogP contribution >= 0.6 is 7.14 Å². The molecule has 1 amide bonds. The van der Waals surface area contributed by atoms with Gasteiger partial charge in [-0.25, -0.2) is 9.97 Å². The van der Waals surface area contributed by atoms with E-state index >= 15 is 0 Å². The predicted octanol–water partition coefficient (Wildman–Crippen LogP) is 4.11. The van der Waals surface area contributed by atoms with Crippen LogP contribution in [-0.2, 0) is 15.8 Å². The van der Waals surface area contributed by atoms with E-state index in [2.05, 4.69) is 27.5 Å². The van der Waals surface area contributed by atoms with Gasteiger partial charge in [-0.3, -0.25) is 4.79 Å². The van der Waals surface area contributed by atoms with E-state index in [1.165, 1.54) is 0 Å². The molecule has 148 valence electrons. The quantitative estimate of drug-likeness (QED) is 0.623. The molecule has 1 atom stereocenters. The van der Waals surface area contributed by atoms with Crippen LogP contribution in [0.25, 0.3) is 0 Å². The number of anilines is 3. The van der Waals surface area contributed by atoms with Crippen molar-refractivity contribution in [2.24, 2.45) is 0 Å². The molecule has 6 nitrogen and oxygen atoms in total. The molecule has 0 bridgehead atoms. The second-order valence-corrected chi connectivity index (χ2v) is 10.9. The Labute approximate surface area is 170 Å². The van der Waals surface area contributed by atoms with Crippen molar-refractivity contribution in [3.63, 3.8) is 0 Å². The number of fused-ring (bicyclic) bond motifs is 1. The zero-order valence-electron chi connectivity index (χ0n) is 16.6. The van der Waals surface area contributed by atoms with Crippen molar-refractivity contribution in [1.29, 1.82) is 0 Å². The summed E-state index contributed by atoms with van der Waals surface area (Å²) in [5.74, 6) is 0.542. The number of hydrogen-bond acceptors (Lipinski definition) is 5. The molecule has 4 rings (SSSR count). The van der Waals surface area contributed by atoms with Crippen LogP contribution in [-0.4, -0.2) is 29.2 Å². The summed E-state index contributed by atoms with van der Waals surface area (Å²) in [5.41, 5.74) is 4.57. The van der Waals surface area contributed by atoms with Crippen LogP contribution in [0.1, 0.15) is 29.7 Å². The molecule has 0 fully saturated rings. The lowest BCUT2D eigenvalue weighted by atomic mass is 9.98. The Morgan fingerprint density at radius 3 is 2.59 bits per heavy atom. The van der Waals surface area contributed by atoms with Crippen LogP contribution in [0, 0.1) is 0 Å². The highest BCUT2D eigenvalue weighted by Crippen LogP contribution is 2.35. The Balaban J connectivity index is 1.57. The summed E-state index contributed by atoms with van der Waals surface area (Å²) in [4.78, 5) is 20.7. The van der Waals surface area contributed by atoms with Crippen LogP contribution in [0.5, 0.6) is 0 Å². The highest BCUT2D eigenvalue weighted by atomic mass is 31.2. The van der Waals surface area contributed by atoms with Crippen LogP contribution in [0.3, 0.4) is 0 Å². The highest BCUT2D eigenvalue weighted by molar-refractivity contribution is 7.70. The fourth-order valence-electron chi connectivity index (χ4n) is 3.45. The SMILES string of the molecule is CC(c1ccc(P(C)(C)=O)cc1)c1ccnc(Nc2cccc3c2CC(=O)N3)n1. The van der Waals surface area contributed by atoms with E-state index in [1.807, 2.05) is 48.5 Å². The zero-order chi connectivity index (χ0) is 20.6. The maximum absolute atomic E-state index is 12.2. The molecule has 2 N–H and O–H groups in total. The van der Waals surface area contributed by atoms with Gasteiger partial charge < -0.3 is 15.2 Å². The van der Waals surface area contributed by atoms with Gasteiger partial charge in [0, 0.05) is 34.4 Å². The number of carbonyl (C=O) groups excluding carboxylic acids is 1. The number of benzene rings is 2. The van der Waals surface area contributed by atoms with Gasteiger partial charge in [0.15, 0.2) is 0 Å². The molecule has 1 unspecified atom stereocenters. The Morgan fingerprint density at radius 1 is 1.10 bits per heavy atom. The molecule has 0 saturated heterocycles. The Bertz CT molecular complexity index is 1120. The van der Waals surface area contributed by atoms with Crippen molar-refractivity contribution in [2.45, 2.75) is 19.3 Å². The molecular weight excluding hydrogens is 383 g/mol. The highest BCUT2D eigenvalue weighted by Gasteiger charge is 2.21. The van der Waals surface area contributed by atoms with Crippen LogP contribution < -0.4 is 15.9 Å². The van der Waals surface area contributed by atoms with Gasteiger partial charge in [-0.1, -0.05) is 37.3 Å². The fraction of sp³-hybridized carbons (Fsp3) is 0.227. The van der Waals surface area contributed by atoms with Crippen LogP contribution in [0.2, 0.25) is 0 Å². The molecule has 3 aromatic rings. The minimum Gasteiger partial charge on any atom is -0.325 e. The first-order valence-corrected chi connectivity index (χ1v) is 12.1. The molecule has 1 aromatic heterocycles. The maximum Gasteiger partial charge on any atom is 0.228 e. The molecule has 0 saturated carbocycles. The van der Waals surface area contributed by atoms with Crippen molar-refractivity contribution in [2.75, 3.05) is 24.0 Å². The first kappa shape index (κ1) is 19.3. The van der Waals surface area contributed by atoms with Crippen LogP contribution in [0.15, 0.2) is 54.7 Å². The Kier molecular flexibility index (Phi) is 4.97. The van der Waals surface area contributed by atoms with E-state index in [-0.39, 0.29) is 11.8 Å². The average molecular weight is 406 g/mol. The number of carbonyl (C=O) groups is 1. The number of rotatable bonds is 5. The standard InChI is InChI=1S/C22H23N4O2P/c1-14(15-7-9-16(10-8-15)29(2,3)28)18-11-12-23-22(25-18)26-20-6-4-5-19-17(20)13-21(27)24-19/h4-12,14H,13H2,1-3H3,(H,24,27)(H,23,25,26). The summed E-state index contributed by atoms with van der Waals surface area (Å²) in [6.07, 6.45) is 2.08. The lowest BCUT2D eigenvalue weighted by Gasteiger charge is -2.15. The number of nitrogens with zero attached hydrogens (tertiary/aromatic N) is 2. The summed E-state index contributed by atoms with van der Waals surface area (Å²) in [6, 6.07) is 15.5. The van der Waals surface area contributed by atoms with E-state index in [1.54, 1.807) is 19.5 Å². The van der Waals surface area contributed by atoms with Gasteiger partial charge in [0.1, 0.15) is 7.14 Å². The van der Waals surface area contributed by atoms with E-state index in [0.29, 0.717) is 12.4 Å². The topological polar surface area (TPSA) is 84.0 Å². The Hall–Kier alpha value is -2.98. The third-order valence-electron chi connectivity index (χ3n) is 5.17. The second-order valence-electron chi connectivity index (χ2n) is 7.65. The minimum absolute atomic E-state index is 0.00954. The van der Waals surface area contributed by atoms with Crippen molar-refractivity contribution in [3.05, 3.63) is 71.5 Å². The predicted molar refractivity (Wildman–Crippen MR) is 117 cm³/mol. The van der Waals surface area contributed by atoms with E-state index in [4.69, 9.17) is 0 Å². The van der Waals surface area contributed by atoms with Crippen molar-refractivity contribution < 1.29 is 9.36 Å². The molecule has 29 heavy (non-hydrogen) atoms. The largest absolute Gasteiger partial charge is 0.325 e. The monoisotopic (exact) mass is 406 g/mol. The summed E-state index contributed by atoms with van der Waals surface area (Å²) in [6.45, 7) is 5.63.